The first-order valence-corrected chi connectivity index (χ1v) is 6.24. The van der Waals surface area contributed by atoms with E-state index in [0.717, 1.165) is 0 Å². The van der Waals surface area contributed by atoms with Crippen molar-refractivity contribution in [1.29, 1.82) is 5.26 Å². The number of hydrogen-bond acceptors (Lipinski definition) is 2. The summed E-state index contributed by atoms with van der Waals surface area (Å²) < 4.78 is 0. The summed E-state index contributed by atoms with van der Waals surface area (Å²) in [5.74, 6) is 0. The predicted octanol–water partition coefficient (Wildman–Crippen LogP) is 5.23. The van der Waals surface area contributed by atoms with Crippen molar-refractivity contribution in [3.05, 3.63) is 50.2 Å². The zero-order chi connectivity index (χ0) is 13.3. The molecule has 1 aromatic heterocycles. The van der Waals surface area contributed by atoms with Gasteiger partial charge < -0.3 is 0 Å². The molecule has 2 aromatic rings. The Morgan fingerprint density at radius 2 is 1.56 bits per heavy atom. The summed E-state index contributed by atoms with van der Waals surface area (Å²) >= 11 is 23.9. The molecule has 0 bridgehead atoms. The van der Waals surface area contributed by atoms with Crippen molar-refractivity contribution in [2.45, 2.75) is 0 Å². The molecule has 0 amide bonds. The maximum atomic E-state index is 8.76. The minimum absolute atomic E-state index is 0.154. The van der Waals surface area contributed by atoms with E-state index in [2.05, 4.69) is 4.98 Å². The van der Waals surface area contributed by atoms with E-state index in [0.29, 0.717) is 26.2 Å². The lowest BCUT2D eigenvalue weighted by atomic mass is 10.1. The van der Waals surface area contributed by atoms with Gasteiger partial charge in [0.2, 0.25) is 0 Å². The van der Waals surface area contributed by atoms with Crippen molar-refractivity contribution in [3.8, 4) is 17.2 Å². The molecule has 0 fully saturated rings. The number of nitriles is 1. The molecule has 0 aliphatic heterocycles. The molecule has 0 atom stereocenters. The zero-order valence-electron chi connectivity index (χ0n) is 8.72. The van der Waals surface area contributed by atoms with Crippen LogP contribution in [0.1, 0.15) is 5.69 Å². The molecule has 18 heavy (non-hydrogen) atoms. The Morgan fingerprint density at radius 1 is 0.944 bits per heavy atom. The minimum Gasteiger partial charge on any atom is -0.243 e. The Labute approximate surface area is 124 Å². The van der Waals surface area contributed by atoms with Crippen LogP contribution in [0.5, 0.6) is 0 Å². The maximum Gasteiger partial charge on any atom is 0.159 e. The first-order chi connectivity index (χ1) is 8.52. The lowest BCUT2D eigenvalue weighted by Crippen LogP contribution is -1.88. The number of rotatable bonds is 1. The van der Waals surface area contributed by atoms with E-state index >= 15 is 0 Å². The number of hydrogen-bond donors (Lipinski definition) is 0. The van der Waals surface area contributed by atoms with Crippen LogP contribution < -0.4 is 0 Å². The fourth-order valence-corrected chi connectivity index (χ4v) is 2.72. The van der Waals surface area contributed by atoms with E-state index in [-0.39, 0.29) is 10.7 Å². The van der Waals surface area contributed by atoms with E-state index < -0.39 is 0 Å². The zero-order valence-corrected chi connectivity index (χ0v) is 11.7. The van der Waals surface area contributed by atoms with Gasteiger partial charge >= 0.3 is 0 Å². The lowest BCUT2D eigenvalue weighted by molar-refractivity contribution is 1.26. The second-order valence-electron chi connectivity index (χ2n) is 3.41. The molecule has 0 saturated carbocycles. The van der Waals surface area contributed by atoms with E-state index in [1.54, 1.807) is 18.2 Å². The molecule has 0 spiro atoms. The maximum absolute atomic E-state index is 8.76. The van der Waals surface area contributed by atoms with Gasteiger partial charge in [0, 0.05) is 22.3 Å². The molecule has 2 rings (SSSR count). The summed E-state index contributed by atoms with van der Waals surface area (Å²) in [6.45, 7) is 0. The van der Waals surface area contributed by atoms with E-state index in [4.69, 9.17) is 51.7 Å². The van der Waals surface area contributed by atoms with Crippen LogP contribution in [0, 0.1) is 11.3 Å². The van der Waals surface area contributed by atoms with Gasteiger partial charge in [-0.25, -0.2) is 4.98 Å². The number of pyridine rings is 1. The second kappa shape index (κ2) is 5.34. The quantitative estimate of drug-likeness (QED) is 0.721. The lowest BCUT2D eigenvalue weighted by Gasteiger charge is -2.08. The number of aromatic nitrogens is 1. The molecular formula is C12H4Cl4N2. The SMILES string of the molecule is N#Cc1ncc(-c2c(Cl)cc(Cl)cc2Cl)cc1Cl. The van der Waals surface area contributed by atoms with Gasteiger partial charge in [-0.2, -0.15) is 5.26 Å². The van der Waals surface area contributed by atoms with Crippen LogP contribution in [-0.2, 0) is 0 Å². The summed E-state index contributed by atoms with van der Waals surface area (Å²) in [6, 6.07) is 6.63. The number of benzene rings is 1. The molecule has 6 heteroatoms. The normalized spacial score (nSPS) is 10.2. The van der Waals surface area contributed by atoms with Crippen LogP contribution in [0.15, 0.2) is 24.4 Å². The topological polar surface area (TPSA) is 36.7 Å². The standard InChI is InChI=1S/C12H4Cl4N2/c13-7-2-9(15)12(10(16)3-7)6-1-8(14)11(4-17)18-5-6/h1-3,5H. The highest BCUT2D eigenvalue weighted by Gasteiger charge is 2.12. The van der Waals surface area contributed by atoms with Gasteiger partial charge in [0.25, 0.3) is 0 Å². The van der Waals surface area contributed by atoms with E-state index in [9.17, 15) is 0 Å². The van der Waals surface area contributed by atoms with Crippen LogP contribution in [-0.4, -0.2) is 4.98 Å². The summed E-state index contributed by atoms with van der Waals surface area (Å²) in [5.41, 5.74) is 1.37. The molecule has 0 unspecified atom stereocenters. The van der Waals surface area contributed by atoms with Crippen molar-refractivity contribution >= 4 is 46.4 Å². The molecule has 0 radical (unpaired) electrons. The van der Waals surface area contributed by atoms with Crippen LogP contribution in [0.25, 0.3) is 11.1 Å². The van der Waals surface area contributed by atoms with Crippen LogP contribution in [0.4, 0.5) is 0 Å². The van der Waals surface area contributed by atoms with Crippen molar-refractivity contribution in [2.75, 3.05) is 0 Å². The van der Waals surface area contributed by atoms with Crippen LogP contribution in [0.3, 0.4) is 0 Å². The smallest absolute Gasteiger partial charge is 0.159 e. The first kappa shape index (κ1) is 13.5. The number of nitrogens with zero attached hydrogens (tertiary/aromatic N) is 2. The highest BCUT2D eigenvalue weighted by atomic mass is 35.5. The van der Waals surface area contributed by atoms with Gasteiger partial charge in [0.15, 0.2) is 5.69 Å². The van der Waals surface area contributed by atoms with Crippen LogP contribution >= 0.6 is 46.4 Å². The summed E-state index contributed by atoms with van der Waals surface area (Å²) in [7, 11) is 0. The van der Waals surface area contributed by atoms with E-state index in [1.807, 2.05) is 6.07 Å². The first-order valence-electron chi connectivity index (χ1n) is 4.73. The van der Waals surface area contributed by atoms with E-state index in [1.165, 1.54) is 6.20 Å². The number of halogens is 4. The Morgan fingerprint density at radius 3 is 2.06 bits per heavy atom. The van der Waals surface area contributed by atoms with Crippen molar-refractivity contribution in [1.82, 2.24) is 4.98 Å². The molecule has 90 valence electrons. The van der Waals surface area contributed by atoms with Gasteiger partial charge in [0.05, 0.1) is 15.1 Å². The monoisotopic (exact) mass is 316 g/mol. The molecule has 0 saturated heterocycles. The molecule has 1 heterocycles. The minimum atomic E-state index is 0.154. The average molecular weight is 318 g/mol. The van der Waals surface area contributed by atoms with Crippen molar-refractivity contribution in [2.24, 2.45) is 0 Å². The third-order valence-electron chi connectivity index (χ3n) is 2.24. The predicted molar refractivity (Wildman–Crippen MR) is 74.4 cm³/mol. The Bertz CT molecular complexity index is 639. The summed E-state index contributed by atoms with van der Waals surface area (Å²) in [5, 5.41) is 10.2. The second-order valence-corrected chi connectivity index (χ2v) is 5.07. The molecule has 2 nitrogen and oxygen atoms in total. The summed E-state index contributed by atoms with van der Waals surface area (Å²) in [6.07, 6.45) is 1.49. The van der Waals surface area contributed by atoms with Gasteiger partial charge in [0.1, 0.15) is 6.07 Å². The highest BCUT2D eigenvalue weighted by molar-refractivity contribution is 6.42. The van der Waals surface area contributed by atoms with Crippen LogP contribution in [0.2, 0.25) is 20.1 Å². The highest BCUT2D eigenvalue weighted by Crippen LogP contribution is 2.37. The fourth-order valence-electron chi connectivity index (χ4n) is 1.47. The fraction of sp³-hybridized carbons (Fsp3) is 0. The third-order valence-corrected chi connectivity index (χ3v) is 3.35. The molecule has 1 aromatic carbocycles. The van der Waals surface area contributed by atoms with Gasteiger partial charge in [-0.3, -0.25) is 0 Å². The Balaban J connectivity index is 2.63. The van der Waals surface area contributed by atoms with Gasteiger partial charge in [-0.15, -0.1) is 0 Å². The van der Waals surface area contributed by atoms with Gasteiger partial charge in [-0.05, 0) is 18.2 Å². The molecule has 0 aliphatic rings. The van der Waals surface area contributed by atoms with Crippen molar-refractivity contribution < 1.29 is 0 Å². The Hall–Kier alpha value is -0.980. The Kier molecular flexibility index (Phi) is 3.99. The van der Waals surface area contributed by atoms with Crippen molar-refractivity contribution in [3.63, 3.8) is 0 Å². The molecule has 0 N–H and O–H groups in total. The largest absolute Gasteiger partial charge is 0.243 e. The third kappa shape index (κ3) is 2.55. The summed E-state index contributed by atoms with van der Waals surface area (Å²) in [4.78, 5) is 3.93. The van der Waals surface area contributed by atoms with Gasteiger partial charge in [-0.1, -0.05) is 46.4 Å². The molecular weight excluding hydrogens is 314 g/mol. The molecule has 0 aliphatic carbocycles. The average Bonchev–Trinajstić information content (AvgIpc) is 2.27.